The molecule has 0 unspecified atom stereocenters. The number of fused-ring (bicyclic) bond motifs is 1. The third kappa shape index (κ3) is 6.38. The minimum atomic E-state index is -0.659. The fourth-order valence-electron chi connectivity index (χ4n) is 5.01. The monoisotopic (exact) mass is 660 g/mol. The first-order valence-electron chi connectivity index (χ1n) is 14.1. The molecule has 222 valence electrons. The van der Waals surface area contributed by atoms with Crippen LogP contribution in [0.2, 0.25) is 0 Å². The van der Waals surface area contributed by atoms with Crippen LogP contribution in [0.5, 0.6) is 11.5 Å². The van der Waals surface area contributed by atoms with Gasteiger partial charge in [0.2, 0.25) is 0 Å². The molecule has 1 aromatic heterocycles. The first-order chi connectivity index (χ1) is 20.7. The maximum absolute atomic E-state index is 14.0. The maximum atomic E-state index is 14.0. The van der Waals surface area contributed by atoms with Gasteiger partial charge < -0.3 is 14.2 Å². The van der Waals surface area contributed by atoms with E-state index in [0.29, 0.717) is 49.1 Å². The summed E-state index contributed by atoms with van der Waals surface area (Å²) in [5.74, 6) is 0.984. The van der Waals surface area contributed by atoms with E-state index in [0.717, 1.165) is 16.7 Å². The quantitative estimate of drug-likeness (QED) is 0.198. The zero-order valence-electron chi connectivity index (χ0n) is 24.7. The van der Waals surface area contributed by atoms with Crippen LogP contribution >= 0.6 is 27.3 Å². The lowest BCUT2D eigenvalue weighted by molar-refractivity contribution is -0.139. The molecule has 5 rings (SSSR count). The molecule has 0 radical (unpaired) electrons. The minimum Gasteiger partial charge on any atom is -0.493 e. The lowest BCUT2D eigenvalue weighted by Gasteiger charge is -2.25. The van der Waals surface area contributed by atoms with Gasteiger partial charge in [0.15, 0.2) is 16.3 Å². The highest BCUT2D eigenvalue weighted by atomic mass is 79.9. The van der Waals surface area contributed by atoms with Crippen molar-refractivity contribution in [2.75, 3.05) is 13.7 Å². The Morgan fingerprint density at radius 2 is 1.84 bits per heavy atom. The van der Waals surface area contributed by atoms with Gasteiger partial charge in [0.1, 0.15) is 6.61 Å². The molecule has 0 aliphatic carbocycles. The standard InChI is InChI=1S/C34H33BrN2O5S/c1-6-41-33(39)29-21(4)36-34-37(30(29)25-14-12-24(13-15-25)20(2)3)32(38)28(43-34)18-23-16-26(35)31(27(17-23)40-5)42-19-22-10-8-7-9-11-22/h7-18,20,30H,6,19H2,1-5H3/b28-18-/t30-/m0/s1. The van der Waals surface area contributed by atoms with Crippen molar-refractivity contribution in [1.29, 1.82) is 0 Å². The van der Waals surface area contributed by atoms with Crippen molar-refractivity contribution in [2.45, 2.75) is 46.3 Å². The third-order valence-corrected chi connectivity index (χ3v) is 8.78. The predicted octanol–water partition coefficient (Wildman–Crippen LogP) is 6.27. The second-order valence-corrected chi connectivity index (χ2v) is 12.3. The van der Waals surface area contributed by atoms with Crippen molar-refractivity contribution in [3.63, 3.8) is 0 Å². The van der Waals surface area contributed by atoms with Crippen molar-refractivity contribution < 1.29 is 19.0 Å². The molecule has 1 aliphatic rings. The Kier molecular flexibility index (Phi) is 9.32. The van der Waals surface area contributed by atoms with Gasteiger partial charge in [-0.15, -0.1) is 0 Å². The molecule has 2 heterocycles. The van der Waals surface area contributed by atoms with Crippen molar-refractivity contribution in [1.82, 2.24) is 4.57 Å². The molecule has 4 aromatic rings. The van der Waals surface area contributed by atoms with E-state index < -0.39 is 12.0 Å². The minimum absolute atomic E-state index is 0.223. The predicted molar refractivity (Wildman–Crippen MR) is 172 cm³/mol. The number of thiazole rings is 1. The summed E-state index contributed by atoms with van der Waals surface area (Å²) in [4.78, 5) is 32.4. The number of carbonyl (C=O) groups excluding carboxylic acids is 1. The number of methoxy groups -OCH3 is 1. The summed E-state index contributed by atoms with van der Waals surface area (Å²) in [6, 6.07) is 21.0. The van der Waals surface area contributed by atoms with Gasteiger partial charge in [-0.3, -0.25) is 9.36 Å². The first kappa shape index (κ1) is 30.5. The molecule has 0 N–H and O–H groups in total. The van der Waals surface area contributed by atoms with Gasteiger partial charge >= 0.3 is 5.97 Å². The number of halogens is 1. The smallest absolute Gasteiger partial charge is 0.338 e. The summed E-state index contributed by atoms with van der Waals surface area (Å²) >= 11 is 4.90. The van der Waals surface area contributed by atoms with Crippen LogP contribution in [0.4, 0.5) is 0 Å². The van der Waals surface area contributed by atoms with Crippen LogP contribution in [-0.2, 0) is 16.1 Å². The highest BCUT2D eigenvalue weighted by Crippen LogP contribution is 2.37. The normalized spacial score (nSPS) is 14.9. The van der Waals surface area contributed by atoms with Crippen LogP contribution in [-0.4, -0.2) is 24.3 Å². The van der Waals surface area contributed by atoms with E-state index in [4.69, 9.17) is 14.2 Å². The Morgan fingerprint density at radius 3 is 2.49 bits per heavy atom. The van der Waals surface area contributed by atoms with Gasteiger partial charge in [0.25, 0.3) is 5.56 Å². The van der Waals surface area contributed by atoms with Crippen molar-refractivity contribution in [3.8, 4) is 11.5 Å². The number of nitrogens with zero attached hydrogens (tertiary/aromatic N) is 2. The molecule has 7 nitrogen and oxygen atoms in total. The highest BCUT2D eigenvalue weighted by Gasteiger charge is 2.33. The lowest BCUT2D eigenvalue weighted by atomic mass is 9.93. The molecule has 0 bridgehead atoms. The number of allylic oxidation sites excluding steroid dienone is 1. The Bertz CT molecular complexity index is 1860. The molecule has 43 heavy (non-hydrogen) atoms. The van der Waals surface area contributed by atoms with Gasteiger partial charge in [-0.05, 0) is 76.2 Å². The summed E-state index contributed by atoms with van der Waals surface area (Å²) in [6.07, 6.45) is 1.81. The summed E-state index contributed by atoms with van der Waals surface area (Å²) in [5.41, 5.74) is 4.43. The van der Waals surface area contributed by atoms with Crippen LogP contribution in [0.3, 0.4) is 0 Å². The van der Waals surface area contributed by atoms with E-state index in [2.05, 4.69) is 34.8 Å². The molecule has 0 amide bonds. The van der Waals surface area contributed by atoms with E-state index in [1.165, 1.54) is 16.9 Å². The molecule has 0 spiro atoms. The van der Waals surface area contributed by atoms with E-state index >= 15 is 0 Å². The number of hydrogen-bond acceptors (Lipinski definition) is 7. The van der Waals surface area contributed by atoms with Gasteiger partial charge in [-0.25, -0.2) is 9.79 Å². The van der Waals surface area contributed by atoms with Crippen molar-refractivity contribution in [3.05, 3.63) is 124 Å². The molecule has 0 fully saturated rings. The number of hydrogen-bond donors (Lipinski definition) is 0. The van der Waals surface area contributed by atoms with E-state index in [9.17, 15) is 9.59 Å². The van der Waals surface area contributed by atoms with Gasteiger partial charge in [-0.1, -0.05) is 79.8 Å². The Morgan fingerprint density at radius 1 is 1.12 bits per heavy atom. The lowest BCUT2D eigenvalue weighted by Crippen LogP contribution is -2.39. The first-order valence-corrected chi connectivity index (χ1v) is 15.7. The van der Waals surface area contributed by atoms with Crippen LogP contribution in [0, 0.1) is 0 Å². The SMILES string of the molecule is CCOC(=O)C1=C(C)N=c2s/c(=C\c3cc(Br)c(OCc4ccccc4)c(OC)c3)c(=O)n2[C@H]1c1ccc(C(C)C)cc1. The Balaban J connectivity index is 1.58. The van der Waals surface area contributed by atoms with Gasteiger partial charge in [0.05, 0.1) is 40.0 Å². The van der Waals surface area contributed by atoms with Crippen LogP contribution in [0.15, 0.2) is 92.3 Å². The second-order valence-electron chi connectivity index (χ2n) is 10.4. The largest absolute Gasteiger partial charge is 0.493 e. The van der Waals surface area contributed by atoms with E-state index in [-0.39, 0.29) is 12.2 Å². The number of esters is 1. The molecule has 0 saturated carbocycles. The number of rotatable bonds is 9. The molecule has 3 aromatic carbocycles. The summed E-state index contributed by atoms with van der Waals surface area (Å²) in [5, 5.41) is 0. The third-order valence-electron chi connectivity index (χ3n) is 7.21. The topological polar surface area (TPSA) is 79.1 Å². The number of ether oxygens (including phenoxy) is 3. The number of aromatic nitrogens is 1. The number of benzene rings is 3. The van der Waals surface area contributed by atoms with E-state index in [1.807, 2.05) is 66.7 Å². The van der Waals surface area contributed by atoms with Crippen LogP contribution < -0.4 is 24.4 Å². The van der Waals surface area contributed by atoms with Crippen LogP contribution in [0.1, 0.15) is 61.9 Å². The Hall–Kier alpha value is -3.95. The fraction of sp³-hybridized carbons (Fsp3) is 0.265. The molecule has 9 heteroatoms. The number of carbonyl (C=O) groups is 1. The van der Waals surface area contributed by atoms with Crippen molar-refractivity contribution in [2.24, 2.45) is 4.99 Å². The second kappa shape index (κ2) is 13.1. The van der Waals surface area contributed by atoms with Crippen LogP contribution in [0.25, 0.3) is 6.08 Å². The molecule has 1 atom stereocenters. The Labute approximate surface area is 262 Å². The average Bonchev–Trinajstić information content (AvgIpc) is 3.29. The van der Waals surface area contributed by atoms with E-state index in [1.54, 1.807) is 31.6 Å². The highest BCUT2D eigenvalue weighted by molar-refractivity contribution is 9.10. The van der Waals surface area contributed by atoms with Gasteiger partial charge in [-0.2, -0.15) is 0 Å². The maximum Gasteiger partial charge on any atom is 0.338 e. The summed E-state index contributed by atoms with van der Waals surface area (Å²) < 4.78 is 19.9. The summed E-state index contributed by atoms with van der Waals surface area (Å²) in [6.45, 7) is 8.41. The zero-order valence-corrected chi connectivity index (χ0v) is 27.1. The molecular formula is C34H33BrN2O5S. The molecule has 0 saturated heterocycles. The zero-order chi connectivity index (χ0) is 30.7. The van der Waals surface area contributed by atoms with Crippen molar-refractivity contribution >= 4 is 39.3 Å². The molecule has 1 aliphatic heterocycles. The average molecular weight is 662 g/mol. The summed E-state index contributed by atoms with van der Waals surface area (Å²) in [7, 11) is 1.58. The molecular weight excluding hydrogens is 628 g/mol. The van der Waals surface area contributed by atoms with Gasteiger partial charge in [0, 0.05) is 0 Å². The fourth-order valence-corrected chi connectivity index (χ4v) is 6.64.